The Bertz CT molecular complexity index is 1520. The lowest BCUT2D eigenvalue weighted by Gasteiger charge is -2.20. The summed E-state index contributed by atoms with van der Waals surface area (Å²) in [6.07, 6.45) is 0.358. The van der Waals surface area contributed by atoms with E-state index in [2.05, 4.69) is 10.3 Å². The number of aryl methyl sites for hydroxylation is 3. The molecule has 0 bridgehead atoms. The summed E-state index contributed by atoms with van der Waals surface area (Å²) >= 11 is 1.06. The minimum Gasteiger partial charge on any atom is -0.461 e. The fourth-order valence-corrected chi connectivity index (χ4v) is 5.17. The number of nitrogens with one attached hydrogen (secondary N) is 1. The molecule has 0 aliphatic rings. The highest BCUT2D eigenvalue weighted by molar-refractivity contribution is 7.17. The third-order valence-electron chi connectivity index (χ3n) is 6.00. The number of carbonyl (C=O) groups is 2. The number of benzene rings is 1. The summed E-state index contributed by atoms with van der Waals surface area (Å²) in [6.45, 7) is 11.5. The van der Waals surface area contributed by atoms with Crippen LogP contribution in [-0.4, -0.2) is 37.8 Å². The molecule has 1 amide bonds. The van der Waals surface area contributed by atoms with Crippen LogP contribution >= 0.6 is 11.3 Å². The lowest BCUT2D eigenvalue weighted by Crippen LogP contribution is -2.34. The number of amides is 1. The van der Waals surface area contributed by atoms with Crippen LogP contribution < -0.4 is 10.9 Å². The molecule has 1 atom stereocenters. The molecule has 0 aliphatic heterocycles. The number of pyridine rings is 1. The molecule has 0 fully saturated rings. The van der Waals surface area contributed by atoms with E-state index in [4.69, 9.17) is 9.84 Å². The summed E-state index contributed by atoms with van der Waals surface area (Å²) in [5.41, 5.74) is 3.09. The first-order valence-corrected chi connectivity index (χ1v) is 13.1. The van der Waals surface area contributed by atoms with Crippen LogP contribution in [0, 0.1) is 26.7 Å². The number of carbonyl (C=O) groups excluding carboxylic acids is 2. The summed E-state index contributed by atoms with van der Waals surface area (Å²) in [4.78, 5) is 44.0. The van der Waals surface area contributed by atoms with Gasteiger partial charge in [0.05, 0.1) is 23.7 Å². The zero-order valence-electron chi connectivity index (χ0n) is 21.9. The maximum atomic E-state index is 13.5. The number of esters is 1. The zero-order valence-corrected chi connectivity index (χ0v) is 22.7. The minimum absolute atomic E-state index is 0.208. The number of anilines is 1. The van der Waals surface area contributed by atoms with E-state index in [9.17, 15) is 14.4 Å². The first-order chi connectivity index (χ1) is 17.6. The van der Waals surface area contributed by atoms with Crippen LogP contribution in [0.2, 0.25) is 0 Å². The van der Waals surface area contributed by atoms with Crippen molar-refractivity contribution in [1.82, 2.24) is 19.3 Å². The standard InChI is InChI=1S/C27H31N5O4S/c1-7-20(24(34)29-27-28-18(6)23(37-27)26(35)36-14-15(2)3)31-21(33)13-16(4)22-17(5)30-32(25(22)31)19-11-9-8-10-12-19/h8-13,15,20H,7,14H2,1-6H3,(H,28,29,34). The van der Waals surface area contributed by atoms with Gasteiger partial charge in [-0.25, -0.2) is 14.5 Å². The average Bonchev–Trinajstić information content (AvgIpc) is 3.40. The SMILES string of the molecule is CCC(C(=O)Nc1nc(C)c(C(=O)OCC(C)C)s1)n1c(=O)cc(C)c2c(C)nn(-c3ccccc3)c21. The second-order valence-corrected chi connectivity index (χ2v) is 10.4. The summed E-state index contributed by atoms with van der Waals surface area (Å²) in [5.74, 6) is -0.654. The van der Waals surface area contributed by atoms with Crippen molar-refractivity contribution in [3.05, 3.63) is 68.6 Å². The molecule has 4 rings (SSSR count). The van der Waals surface area contributed by atoms with Crippen LogP contribution in [0.1, 0.15) is 59.9 Å². The molecule has 4 aromatic rings. The molecule has 0 radical (unpaired) electrons. The van der Waals surface area contributed by atoms with Crippen molar-refractivity contribution >= 4 is 39.4 Å². The predicted octanol–water partition coefficient (Wildman–Crippen LogP) is 4.97. The van der Waals surface area contributed by atoms with E-state index in [1.807, 2.05) is 65.0 Å². The molecule has 194 valence electrons. The second kappa shape index (κ2) is 10.7. The smallest absolute Gasteiger partial charge is 0.350 e. The molecular formula is C27H31N5O4S. The van der Waals surface area contributed by atoms with Crippen molar-refractivity contribution in [2.24, 2.45) is 5.92 Å². The van der Waals surface area contributed by atoms with Crippen molar-refractivity contribution in [3.63, 3.8) is 0 Å². The Morgan fingerprint density at radius 3 is 2.46 bits per heavy atom. The largest absolute Gasteiger partial charge is 0.461 e. The summed E-state index contributed by atoms with van der Waals surface area (Å²) in [6, 6.07) is 10.2. The topological polar surface area (TPSA) is 108 Å². The molecule has 3 aromatic heterocycles. The van der Waals surface area contributed by atoms with Crippen LogP contribution in [0.3, 0.4) is 0 Å². The Hall–Kier alpha value is -3.79. The lowest BCUT2D eigenvalue weighted by atomic mass is 10.1. The van der Waals surface area contributed by atoms with Gasteiger partial charge in [-0.15, -0.1) is 0 Å². The van der Waals surface area contributed by atoms with Gasteiger partial charge < -0.3 is 10.1 Å². The van der Waals surface area contributed by atoms with Crippen molar-refractivity contribution < 1.29 is 14.3 Å². The Balaban J connectivity index is 1.74. The molecular weight excluding hydrogens is 490 g/mol. The van der Waals surface area contributed by atoms with Gasteiger partial charge in [0.2, 0.25) is 5.91 Å². The molecule has 9 nitrogen and oxygen atoms in total. The van der Waals surface area contributed by atoms with Gasteiger partial charge in [-0.05, 0) is 50.8 Å². The Morgan fingerprint density at radius 2 is 1.81 bits per heavy atom. The molecule has 0 saturated carbocycles. The number of fused-ring (bicyclic) bond motifs is 1. The van der Waals surface area contributed by atoms with Crippen LogP contribution in [0.5, 0.6) is 0 Å². The number of hydrogen-bond acceptors (Lipinski definition) is 7. The fourth-order valence-electron chi connectivity index (χ4n) is 4.30. The predicted molar refractivity (Wildman–Crippen MR) is 145 cm³/mol. The molecule has 37 heavy (non-hydrogen) atoms. The summed E-state index contributed by atoms with van der Waals surface area (Å²) in [7, 11) is 0. The fraction of sp³-hybridized carbons (Fsp3) is 0.370. The molecule has 0 saturated heterocycles. The monoisotopic (exact) mass is 521 g/mol. The van der Waals surface area contributed by atoms with Gasteiger partial charge in [-0.2, -0.15) is 5.10 Å². The quantitative estimate of drug-likeness (QED) is 0.328. The van der Waals surface area contributed by atoms with Gasteiger partial charge in [0.15, 0.2) is 5.13 Å². The second-order valence-electron chi connectivity index (χ2n) is 9.41. The van der Waals surface area contributed by atoms with Crippen LogP contribution in [0.15, 0.2) is 41.2 Å². The number of aromatic nitrogens is 4. The molecule has 1 N–H and O–H groups in total. The Morgan fingerprint density at radius 1 is 1.11 bits per heavy atom. The summed E-state index contributed by atoms with van der Waals surface area (Å²) in [5, 5.41) is 8.63. The van der Waals surface area contributed by atoms with Crippen molar-refractivity contribution in [2.45, 2.75) is 54.0 Å². The van der Waals surface area contributed by atoms with E-state index in [1.165, 1.54) is 4.57 Å². The van der Waals surface area contributed by atoms with Crippen molar-refractivity contribution in [1.29, 1.82) is 0 Å². The molecule has 10 heteroatoms. The normalized spacial score (nSPS) is 12.2. The van der Waals surface area contributed by atoms with E-state index in [0.29, 0.717) is 29.2 Å². The van der Waals surface area contributed by atoms with Crippen molar-refractivity contribution in [2.75, 3.05) is 11.9 Å². The summed E-state index contributed by atoms with van der Waals surface area (Å²) < 4.78 is 8.54. The Labute approximate surface area is 219 Å². The number of ether oxygens (including phenoxy) is 1. The van der Waals surface area contributed by atoms with Crippen molar-refractivity contribution in [3.8, 4) is 5.69 Å². The van der Waals surface area contributed by atoms with E-state index < -0.39 is 17.9 Å². The minimum atomic E-state index is -0.824. The van der Waals surface area contributed by atoms with E-state index >= 15 is 0 Å². The first-order valence-electron chi connectivity index (χ1n) is 12.2. The van der Waals surface area contributed by atoms with Gasteiger partial charge in [0.1, 0.15) is 16.6 Å². The molecule has 0 aliphatic carbocycles. The molecule has 0 spiro atoms. The highest BCUT2D eigenvalue weighted by atomic mass is 32.1. The number of para-hydroxylation sites is 1. The maximum absolute atomic E-state index is 13.5. The lowest BCUT2D eigenvalue weighted by molar-refractivity contribution is -0.119. The third-order valence-corrected chi connectivity index (χ3v) is 7.05. The average molecular weight is 522 g/mol. The van der Waals surface area contributed by atoms with E-state index in [1.54, 1.807) is 17.7 Å². The van der Waals surface area contributed by atoms with Gasteiger partial charge in [-0.1, -0.05) is 50.3 Å². The van der Waals surface area contributed by atoms with E-state index in [0.717, 1.165) is 33.7 Å². The highest BCUT2D eigenvalue weighted by Gasteiger charge is 2.27. The first kappa shape index (κ1) is 26.3. The highest BCUT2D eigenvalue weighted by Crippen LogP contribution is 2.29. The molecule has 3 heterocycles. The third kappa shape index (κ3) is 5.20. The van der Waals surface area contributed by atoms with Crippen LogP contribution in [0.4, 0.5) is 5.13 Å². The number of nitrogens with zero attached hydrogens (tertiary/aromatic N) is 4. The van der Waals surface area contributed by atoms with Gasteiger partial charge in [0, 0.05) is 11.5 Å². The van der Waals surface area contributed by atoms with Gasteiger partial charge in [0.25, 0.3) is 5.56 Å². The molecule has 1 aromatic carbocycles. The molecule has 1 unspecified atom stereocenters. The van der Waals surface area contributed by atoms with Gasteiger partial charge in [-0.3, -0.25) is 14.2 Å². The van der Waals surface area contributed by atoms with Gasteiger partial charge >= 0.3 is 5.97 Å². The maximum Gasteiger partial charge on any atom is 0.350 e. The zero-order chi connectivity index (χ0) is 26.9. The van der Waals surface area contributed by atoms with E-state index in [-0.39, 0.29) is 16.6 Å². The van der Waals surface area contributed by atoms with Crippen LogP contribution in [-0.2, 0) is 9.53 Å². The Kier molecular flexibility index (Phi) is 7.58. The number of thiazole rings is 1. The number of rotatable bonds is 8. The number of hydrogen-bond donors (Lipinski definition) is 1. The van der Waals surface area contributed by atoms with Crippen LogP contribution in [0.25, 0.3) is 16.7 Å².